The van der Waals surface area contributed by atoms with E-state index >= 15 is 0 Å². The van der Waals surface area contributed by atoms with Crippen LogP contribution in [0.1, 0.15) is 17.5 Å². The van der Waals surface area contributed by atoms with Gasteiger partial charge >= 0.3 is 0 Å². The molecule has 3 nitrogen and oxygen atoms in total. The van der Waals surface area contributed by atoms with Crippen LogP contribution >= 0.6 is 23.6 Å². The molecule has 0 unspecified atom stereocenters. The Morgan fingerprint density at radius 2 is 2.29 bits per heavy atom. The van der Waals surface area contributed by atoms with Gasteiger partial charge in [-0.15, -0.1) is 0 Å². The quantitative estimate of drug-likeness (QED) is 0.486. The third kappa shape index (κ3) is 4.07. The number of hydrogen-bond acceptors (Lipinski definition) is 3. The van der Waals surface area contributed by atoms with Crippen LogP contribution in [0.4, 0.5) is 0 Å². The lowest BCUT2D eigenvalue weighted by atomic mass is 10.3. The first-order chi connectivity index (χ1) is 6.71. The van der Waals surface area contributed by atoms with Crippen molar-refractivity contribution in [2.75, 3.05) is 6.61 Å². The van der Waals surface area contributed by atoms with E-state index in [1.165, 1.54) is 15.7 Å². The number of isothiocyanates is 1. The van der Waals surface area contributed by atoms with E-state index in [1.807, 2.05) is 0 Å². The first kappa shape index (κ1) is 13.4. The maximum atomic E-state index is 8.72. The molecule has 0 saturated carbocycles. The number of thiocarbonyl (C=S) groups is 1. The van der Waals surface area contributed by atoms with Crippen LogP contribution < -0.4 is 4.57 Å². The van der Waals surface area contributed by atoms with Gasteiger partial charge in [0, 0.05) is 20.0 Å². The van der Waals surface area contributed by atoms with Gasteiger partial charge in [-0.25, -0.2) is 0 Å². The van der Waals surface area contributed by atoms with Crippen LogP contribution in [0, 0.1) is 6.92 Å². The third-order valence-electron chi connectivity index (χ3n) is 1.84. The van der Waals surface area contributed by atoms with Gasteiger partial charge in [-0.05, 0) is 6.92 Å². The molecule has 1 rings (SSSR count). The van der Waals surface area contributed by atoms with Crippen molar-refractivity contribution in [1.29, 1.82) is 0 Å². The van der Waals surface area contributed by atoms with Gasteiger partial charge in [-0.3, -0.25) is 0 Å². The number of aliphatic hydroxyl groups excluding tert-OH is 1. The second-order valence-electron chi connectivity index (χ2n) is 2.58. The SMILES string of the molecule is CC[n+]1csc(CCO)c1C.[N-]=C=S. The third-order valence-corrected chi connectivity index (χ3v) is 2.98. The van der Waals surface area contributed by atoms with Crippen LogP contribution in [-0.2, 0) is 13.0 Å². The molecule has 0 aliphatic carbocycles. The highest BCUT2D eigenvalue weighted by Crippen LogP contribution is 2.10. The molecule has 0 radical (unpaired) electrons. The van der Waals surface area contributed by atoms with E-state index in [0.29, 0.717) is 0 Å². The van der Waals surface area contributed by atoms with Gasteiger partial charge < -0.3 is 10.5 Å². The average molecular weight is 230 g/mol. The fourth-order valence-electron chi connectivity index (χ4n) is 1.10. The van der Waals surface area contributed by atoms with Gasteiger partial charge in [-0.2, -0.15) is 9.73 Å². The Morgan fingerprint density at radius 1 is 1.71 bits per heavy atom. The fraction of sp³-hybridized carbons (Fsp3) is 0.556. The molecule has 1 aromatic heterocycles. The largest absolute Gasteiger partial charge is 0.753 e. The summed E-state index contributed by atoms with van der Waals surface area (Å²) in [6.07, 6.45) is 0.795. The second-order valence-corrected chi connectivity index (χ2v) is 3.70. The average Bonchev–Trinajstić information content (AvgIpc) is 2.50. The summed E-state index contributed by atoms with van der Waals surface area (Å²) in [5.41, 5.74) is 3.41. The number of hydrogen-bond donors (Lipinski definition) is 1. The highest BCUT2D eigenvalue weighted by atomic mass is 32.1. The molecule has 0 bridgehead atoms. The maximum absolute atomic E-state index is 8.72. The summed E-state index contributed by atoms with van der Waals surface area (Å²) in [4.78, 5) is 1.30. The molecule has 1 N–H and O–H groups in total. The molecule has 0 spiro atoms. The summed E-state index contributed by atoms with van der Waals surface area (Å²) in [5, 5.41) is 17.2. The highest BCUT2D eigenvalue weighted by molar-refractivity contribution is 7.78. The zero-order chi connectivity index (χ0) is 11.0. The number of nitrogens with zero attached hydrogens (tertiary/aromatic N) is 2. The Kier molecular flexibility index (Phi) is 7.42. The van der Waals surface area contributed by atoms with E-state index in [-0.39, 0.29) is 6.61 Å². The van der Waals surface area contributed by atoms with Crippen molar-refractivity contribution in [1.82, 2.24) is 0 Å². The van der Waals surface area contributed by atoms with Crippen LogP contribution in [0.15, 0.2) is 5.51 Å². The number of aromatic nitrogens is 1. The molecule has 1 heterocycles. The molecule has 1 aromatic rings. The molecule has 0 atom stereocenters. The van der Waals surface area contributed by atoms with E-state index in [1.54, 1.807) is 11.3 Å². The smallest absolute Gasteiger partial charge is 0.225 e. The summed E-state index contributed by atoms with van der Waals surface area (Å²) in [7, 11) is 0. The Hall–Kier alpha value is -0.610. The summed E-state index contributed by atoms with van der Waals surface area (Å²) in [6, 6.07) is 0. The summed E-state index contributed by atoms with van der Waals surface area (Å²) in [5.74, 6) is 0. The molecular formula is C9H14N2OS2. The second kappa shape index (κ2) is 7.76. The van der Waals surface area contributed by atoms with Crippen LogP contribution in [0.25, 0.3) is 5.41 Å². The van der Waals surface area contributed by atoms with E-state index < -0.39 is 0 Å². The topological polar surface area (TPSA) is 46.4 Å². The predicted octanol–water partition coefficient (Wildman–Crippen LogP) is 1.56. The molecular weight excluding hydrogens is 216 g/mol. The van der Waals surface area contributed by atoms with Gasteiger partial charge in [0.1, 0.15) is 6.54 Å². The van der Waals surface area contributed by atoms with Gasteiger partial charge in [-0.1, -0.05) is 23.6 Å². The zero-order valence-corrected chi connectivity index (χ0v) is 9.99. The van der Waals surface area contributed by atoms with Crippen molar-refractivity contribution in [3.05, 3.63) is 21.5 Å². The Bertz CT molecular complexity index is 304. The summed E-state index contributed by atoms with van der Waals surface area (Å²) in [6.45, 7) is 5.51. The summed E-state index contributed by atoms with van der Waals surface area (Å²) < 4.78 is 2.20. The molecule has 0 aliphatic rings. The van der Waals surface area contributed by atoms with Crippen LogP contribution in [0.3, 0.4) is 0 Å². The van der Waals surface area contributed by atoms with Crippen molar-refractivity contribution < 1.29 is 9.67 Å². The number of thiazole rings is 1. The predicted molar refractivity (Wildman–Crippen MR) is 61.7 cm³/mol. The number of aliphatic hydroxyl groups is 1. The molecule has 0 aromatic carbocycles. The molecule has 0 fully saturated rings. The van der Waals surface area contributed by atoms with Gasteiger partial charge in [0.05, 0.1) is 4.88 Å². The van der Waals surface area contributed by atoms with Crippen LogP contribution in [-0.4, -0.2) is 16.9 Å². The standard InChI is InChI=1S/C8H14NOS.CNS/c1-3-9-6-11-8(4-5-10)7(9)2;2-1-3/h6,10H,3-5H2,1-2H3;/q+1;-1. The number of rotatable bonds is 3. The van der Waals surface area contributed by atoms with Crippen molar-refractivity contribution in [2.24, 2.45) is 0 Å². The lowest BCUT2D eigenvalue weighted by Crippen LogP contribution is -2.32. The van der Waals surface area contributed by atoms with E-state index in [4.69, 9.17) is 10.5 Å². The molecule has 0 saturated heterocycles. The van der Waals surface area contributed by atoms with Gasteiger partial charge in [0.2, 0.25) is 5.51 Å². The maximum Gasteiger partial charge on any atom is 0.225 e. The minimum atomic E-state index is 0.255. The summed E-state index contributed by atoms with van der Waals surface area (Å²) >= 11 is 5.43. The molecule has 78 valence electrons. The van der Waals surface area contributed by atoms with Crippen molar-refractivity contribution in [2.45, 2.75) is 26.8 Å². The Balaban J connectivity index is 0.000000500. The van der Waals surface area contributed by atoms with Crippen molar-refractivity contribution in [3.8, 4) is 0 Å². The normalized spacial score (nSPS) is 8.79. The first-order valence-corrected chi connectivity index (χ1v) is 5.58. The van der Waals surface area contributed by atoms with E-state index in [9.17, 15) is 0 Å². The monoisotopic (exact) mass is 230 g/mol. The van der Waals surface area contributed by atoms with E-state index in [2.05, 4.69) is 36.1 Å². The Morgan fingerprint density at radius 3 is 2.64 bits per heavy atom. The molecule has 5 heteroatoms. The van der Waals surface area contributed by atoms with Gasteiger partial charge in [0.15, 0.2) is 5.69 Å². The molecule has 0 amide bonds. The fourth-order valence-corrected chi connectivity index (χ4v) is 2.16. The van der Waals surface area contributed by atoms with Crippen molar-refractivity contribution in [3.63, 3.8) is 0 Å². The van der Waals surface area contributed by atoms with Gasteiger partial charge in [0.25, 0.3) is 0 Å². The first-order valence-electron chi connectivity index (χ1n) is 4.29. The minimum Gasteiger partial charge on any atom is -0.753 e. The van der Waals surface area contributed by atoms with Crippen LogP contribution in [0.2, 0.25) is 0 Å². The van der Waals surface area contributed by atoms with Crippen molar-refractivity contribution >= 4 is 28.7 Å². The lowest BCUT2D eigenvalue weighted by molar-refractivity contribution is -0.694. The molecule has 14 heavy (non-hydrogen) atoms. The van der Waals surface area contributed by atoms with E-state index in [0.717, 1.165) is 13.0 Å². The lowest BCUT2D eigenvalue weighted by Gasteiger charge is -1.90. The van der Waals surface area contributed by atoms with Crippen LogP contribution in [0.5, 0.6) is 0 Å². The molecule has 0 aliphatic heterocycles. The Labute approximate surface area is 93.5 Å². The minimum absolute atomic E-state index is 0.255. The highest BCUT2D eigenvalue weighted by Gasteiger charge is 2.11. The number of aryl methyl sites for hydroxylation is 1. The zero-order valence-electron chi connectivity index (χ0n) is 8.36.